The lowest BCUT2D eigenvalue weighted by atomic mass is 9.85. The molecule has 3 atom stereocenters. The molecule has 5 rings (SSSR count). The molecule has 34 heavy (non-hydrogen) atoms. The van der Waals surface area contributed by atoms with Crippen LogP contribution in [0, 0.1) is 24.7 Å². The quantitative estimate of drug-likeness (QED) is 0.286. The van der Waals surface area contributed by atoms with Gasteiger partial charge >= 0.3 is 5.97 Å². The van der Waals surface area contributed by atoms with E-state index in [0.717, 1.165) is 5.56 Å². The molecule has 2 heterocycles. The van der Waals surface area contributed by atoms with E-state index < -0.39 is 11.9 Å². The number of halogens is 1. The van der Waals surface area contributed by atoms with Crippen LogP contribution in [-0.4, -0.2) is 30.2 Å². The standard InChI is InChI=1S/C26H23ClN2O5/c1-15-9-10-17(13-22(15)27)28-14-16(11-23(28)30)26(33)34-19-6-4-5-18(12-19)29-24(31)20-7-2-3-8-21(20)25(29)32/h2-6,9-10,12-13,16,20-21H,7-8,11,14H2,1H3/t16-,20+,21+/m1/s1. The van der Waals surface area contributed by atoms with E-state index in [1.165, 1.54) is 15.9 Å². The molecular formula is C26H23ClN2O5. The molecule has 174 valence electrons. The van der Waals surface area contributed by atoms with Crippen molar-refractivity contribution in [2.24, 2.45) is 17.8 Å². The monoisotopic (exact) mass is 478 g/mol. The van der Waals surface area contributed by atoms with Crippen molar-refractivity contribution in [2.45, 2.75) is 26.2 Å². The van der Waals surface area contributed by atoms with Crippen molar-refractivity contribution >= 4 is 46.7 Å². The van der Waals surface area contributed by atoms with Crippen molar-refractivity contribution in [3.8, 4) is 5.75 Å². The third kappa shape index (κ3) is 3.90. The van der Waals surface area contributed by atoms with Gasteiger partial charge in [0, 0.05) is 29.7 Å². The maximum atomic E-state index is 12.9. The minimum atomic E-state index is -0.639. The lowest BCUT2D eigenvalue weighted by Crippen LogP contribution is -2.31. The molecule has 8 heteroatoms. The average Bonchev–Trinajstić information content (AvgIpc) is 3.34. The molecule has 0 saturated carbocycles. The SMILES string of the molecule is Cc1ccc(N2C[C@H](C(=O)Oc3cccc(N4C(=O)[C@H]5CC=CC[C@@H]5C4=O)c3)CC2=O)cc1Cl. The third-order valence-corrected chi connectivity index (χ3v) is 7.13. The maximum Gasteiger partial charge on any atom is 0.316 e. The molecule has 1 aliphatic carbocycles. The Bertz CT molecular complexity index is 1210. The fraction of sp³-hybridized carbons (Fsp3) is 0.308. The summed E-state index contributed by atoms with van der Waals surface area (Å²) >= 11 is 6.19. The Morgan fingerprint density at radius 3 is 2.35 bits per heavy atom. The van der Waals surface area contributed by atoms with Gasteiger partial charge in [0.2, 0.25) is 17.7 Å². The number of anilines is 2. The van der Waals surface area contributed by atoms with Crippen LogP contribution in [0.15, 0.2) is 54.6 Å². The summed E-state index contributed by atoms with van der Waals surface area (Å²) in [5.41, 5.74) is 1.92. The van der Waals surface area contributed by atoms with Gasteiger partial charge in [0.1, 0.15) is 5.75 Å². The lowest BCUT2D eigenvalue weighted by Gasteiger charge is -2.18. The van der Waals surface area contributed by atoms with Gasteiger partial charge < -0.3 is 9.64 Å². The number of benzene rings is 2. The summed E-state index contributed by atoms with van der Waals surface area (Å²) < 4.78 is 5.56. The highest BCUT2D eigenvalue weighted by Crippen LogP contribution is 2.38. The summed E-state index contributed by atoms with van der Waals surface area (Å²) in [7, 11) is 0. The first kappa shape index (κ1) is 22.3. The van der Waals surface area contributed by atoms with Gasteiger partial charge in [0.15, 0.2) is 0 Å². The zero-order valence-corrected chi connectivity index (χ0v) is 19.3. The molecule has 2 fully saturated rings. The number of nitrogens with zero attached hydrogens (tertiary/aromatic N) is 2. The van der Waals surface area contributed by atoms with E-state index in [2.05, 4.69) is 0 Å². The second kappa shape index (κ2) is 8.72. The summed E-state index contributed by atoms with van der Waals surface area (Å²) in [5, 5.41) is 0.551. The zero-order chi connectivity index (χ0) is 24.0. The van der Waals surface area contributed by atoms with Gasteiger partial charge in [0.25, 0.3) is 0 Å². The number of rotatable bonds is 4. The van der Waals surface area contributed by atoms with Crippen molar-refractivity contribution < 1.29 is 23.9 Å². The molecule has 2 aromatic carbocycles. The normalized spacial score (nSPS) is 24.1. The first-order chi connectivity index (χ1) is 16.3. The highest BCUT2D eigenvalue weighted by molar-refractivity contribution is 6.31. The number of aryl methyl sites for hydroxylation is 1. The Hall–Kier alpha value is -3.45. The molecule has 7 nitrogen and oxygen atoms in total. The van der Waals surface area contributed by atoms with Crippen LogP contribution in [0.1, 0.15) is 24.8 Å². The van der Waals surface area contributed by atoms with E-state index in [1.54, 1.807) is 30.3 Å². The minimum Gasteiger partial charge on any atom is -0.426 e. The maximum absolute atomic E-state index is 12.9. The van der Waals surface area contributed by atoms with Gasteiger partial charge in [0.05, 0.1) is 23.4 Å². The first-order valence-corrected chi connectivity index (χ1v) is 11.6. The Labute approximate surface area is 201 Å². The van der Waals surface area contributed by atoms with Gasteiger partial charge in [-0.3, -0.25) is 19.2 Å². The van der Waals surface area contributed by atoms with Crippen LogP contribution in [0.4, 0.5) is 11.4 Å². The number of imide groups is 1. The molecular weight excluding hydrogens is 456 g/mol. The number of esters is 1. The molecule has 0 N–H and O–H groups in total. The fourth-order valence-electron chi connectivity index (χ4n) is 4.81. The van der Waals surface area contributed by atoms with E-state index in [9.17, 15) is 19.2 Å². The Morgan fingerprint density at radius 2 is 1.68 bits per heavy atom. The second-order valence-electron chi connectivity index (χ2n) is 8.93. The number of ether oxygens (including phenoxy) is 1. The predicted molar refractivity (Wildman–Crippen MR) is 127 cm³/mol. The molecule has 2 aliphatic heterocycles. The number of allylic oxidation sites excluding steroid dienone is 2. The second-order valence-corrected chi connectivity index (χ2v) is 9.33. The highest BCUT2D eigenvalue weighted by Gasteiger charge is 2.48. The van der Waals surface area contributed by atoms with Gasteiger partial charge in [-0.2, -0.15) is 0 Å². The van der Waals surface area contributed by atoms with Crippen LogP contribution in [0.3, 0.4) is 0 Å². The summed E-state index contributed by atoms with van der Waals surface area (Å²) in [5.74, 6) is -2.26. The largest absolute Gasteiger partial charge is 0.426 e. The predicted octanol–water partition coefficient (Wildman–Crippen LogP) is 4.06. The molecule has 0 bridgehead atoms. The Kier molecular flexibility index (Phi) is 5.73. The van der Waals surface area contributed by atoms with E-state index >= 15 is 0 Å². The van der Waals surface area contributed by atoms with Crippen molar-refractivity contribution in [1.29, 1.82) is 0 Å². The number of hydrogen-bond donors (Lipinski definition) is 0. The Morgan fingerprint density at radius 1 is 0.971 bits per heavy atom. The molecule has 2 aromatic rings. The third-order valence-electron chi connectivity index (χ3n) is 6.73. The van der Waals surface area contributed by atoms with Crippen molar-refractivity contribution in [3.05, 3.63) is 65.2 Å². The van der Waals surface area contributed by atoms with Crippen LogP contribution < -0.4 is 14.5 Å². The molecule has 2 saturated heterocycles. The summed E-state index contributed by atoms with van der Waals surface area (Å²) in [6, 6.07) is 11.7. The van der Waals surface area contributed by atoms with Gasteiger partial charge in [-0.15, -0.1) is 0 Å². The Balaban J connectivity index is 1.29. The van der Waals surface area contributed by atoms with Gasteiger partial charge in [-0.1, -0.05) is 35.9 Å². The number of carbonyl (C=O) groups excluding carboxylic acids is 4. The smallest absolute Gasteiger partial charge is 0.316 e. The van der Waals surface area contributed by atoms with E-state index in [-0.39, 0.29) is 48.3 Å². The summed E-state index contributed by atoms with van der Waals surface area (Å²) in [6.45, 7) is 2.07. The molecule has 0 radical (unpaired) electrons. The highest BCUT2D eigenvalue weighted by atomic mass is 35.5. The van der Waals surface area contributed by atoms with Crippen molar-refractivity contribution in [2.75, 3.05) is 16.3 Å². The fourth-order valence-corrected chi connectivity index (χ4v) is 4.98. The first-order valence-electron chi connectivity index (χ1n) is 11.2. The number of fused-ring (bicyclic) bond motifs is 1. The number of amides is 3. The van der Waals surface area contributed by atoms with Crippen LogP contribution in [0.5, 0.6) is 5.75 Å². The van der Waals surface area contributed by atoms with Gasteiger partial charge in [-0.05, 0) is 49.6 Å². The van der Waals surface area contributed by atoms with Gasteiger partial charge in [-0.25, -0.2) is 4.90 Å². The molecule has 0 unspecified atom stereocenters. The molecule has 0 aromatic heterocycles. The molecule has 0 spiro atoms. The minimum absolute atomic E-state index is 0.0312. The van der Waals surface area contributed by atoms with E-state index in [0.29, 0.717) is 29.2 Å². The summed E-state index contributed by atoms with van der Waals surface area (Å²) in [6.07, 6.45) is 5.01. The lowest BCUT2D eigenvalue weighted by molar-refractivity contribution is -0.139. The number of hydrogen-bond acceptors (Lipinski definition) is 5. The molecule has 3 aliphatic rings. The van der Waals surface area contributed by atoms with E-state index in [4.69, 9.17) is 16.3 Å². The van der Waals surface area contributed by atoms with Crippen LogP contribution in [0.2, 0.25) is 5.02 Å². The van der Waals surface area contributed by atoms with Crippen LogP contribution in [-0.2, 0) is 19.2 Å². The summed E-state index contributed by atoms with van der Waals surface area (Å²) in [4.78, 5) is 53.8. The van der Waals surface area contributed by atoms with E-state index in [1.807, 2.05) is 25.1 Å². The average molecular weight is 479 g/mol. The molecule has 3 amide bonds. The van der Waals surface area contributed by atoms with Crippen LogP contribution >= 0.6 is 11.6 Å². The van der Waals surface area contributed by atoms with Crippen molar-refractivity contribution in [1.82, 2.24) is 0 Å². The zero-order valence-electron chi connectivity index (χ0n) is 18.6. The van der Waals surface area contributed by atoms with Crippen LogP contribution in [0.25, 0.3) is 0 Å². The number of carbonyl (C=O) groups is 4. The van der Waals surface area contributed by atoms with Crippen molar-refractivity contribution in [3.63, 3.8) is 0 Å². The topological polar surface area (TPSA) is 84.0 Å².